The highest BCUT2D eigenvalue weighted by Crippen LogP contribution is 2.35. The standard InChI is InChI=1S/C21H21N3O3/c1-12-5-3-4-6-15(12)16-10-24(11-17(16)21(26)27)20(25)14-7-8-18-19(9-14)23-13(2)22-18/h3-9,16-17H,10-11H2,1-2H3,(H,22,23)(H,26,27). The number of hydrogen-bond donors (Lipinski definition) is 2. The third kappa shape index (κ3) is 3.07. The fourth-order valence-electron chi connectivity index (χ4n) is 3.99. The monoisotopic (exact) mass is 363 g/mol. The van der Waals surface area contributed by atoms with Gasteiger partial charge in [0.15, 0.2) is 0 Å². The number of carbonyl (C=O) groups excluding carboxylic acids is 1. The zero-order valence-electron chi connectivity index (χ0n) is 15.3. The molecule has 1 aliphatic rings. The molecule has 1 saturated heterocycles. The zero-order chi connectivity index (χ0) is 19.1. The van der Waals surface area contributed by atoms with E-state index in [9.17, 15) is 14.7 Å². The Morgan fingerprint density at radius 1 is 1.15 bits per heavy atom. The van der Waals surface area contributed by atoms with E-state index in [1.54, 1.807) is 17.0 Å². The number of hydrogen-bond acceptors (Lipinski definition) is 3. The number of fused-ring (bicyclic) bond motifs is 1. The Morgan fingerprint density at radius 3 is 2.67 bits per heavy atom. The van der Waals surface area contributed by atoms with Crippen LogP contribution in [0.25, 0.3) is 11.0 Å². The van der Waals surface area contributed by atoms with Gasteiger partial charge in [0.1, 0.15) is 5.82 Å². The van der Waals surface area contributed by atoms with Crippen molar-refractivity contribution >= 4 is 22.9 Å². The molecule has 0 aliphatic carbocycles. The Hall–Kier alpha value is -3.15. The van der Waals surface area contributed by atoms with E-state index >= 15 is 0 Å². The lowest BCUT2D eigenvalue weighted by atomic mass is 9.86. The molecular weight excluding hydrogens is 342 g/mol. The first kappa shape index (κ1) is 17.3. The number of benzene rings is 2. The van der Waals surface area contributed by atoms with Gasteiger partial charge in [-0.2, -0.15) is 0 Å². The molecule has 1 fully saturated rings. The van der Waals surface area contributed by atoms with Gasteiger partial charge in [-0.3, -0.25) is 9.59 Å². The number of likely N-dealkylation sites (tertiary alicyclic amines) is 1. The van der Waals surface area contributed by atoms with Crippen molar-refractivity contribution in [3.63, 3.8) is 0 Å². The second kappa shape index (κ2) is 6.54. The van der Waals surface area contributed by atoms with Crippen molar-refractivity contribution in [2.75, 3.05) is 13.1 Å². The lowest BCUT2D eigenvalue weighted by Crippen LogP contribution is -2.29. The van der Waals surface area contributed by atoms with Gasteiger partial charge >= 0.3 is 5.97 Å². The summed E-state index contributed by atoms with van der Waals surface area (Å²) >= 11 is 0. The first-order valence-electron chi connectivity index (χ1n) is 8.98. The number of aliphatic carboxylic acids is 1. The molecule has 2 heterocycles. The topological polar surface area (TPSA) is 86.3 Å². The van der Waals surface area contributed by atoms with Crippen LogP contribution in [0, 0.1) is 19.8 Å². The molecule has 2 atom stereocenters. The molecule has 1 aromatic heterocycles. The van der Waals surface area contributed by atoms with Crippen LogP contribution >= 0.6 is 0 Å². The molecule has 4 rings (SSSR count). The molecule has 27 heavy (non-hydrogen) atoms. The summed E-state index contributed by atoms with van der Waals surface area (Å²) in [6.07, 6.45) is 0. The molecule has 0 saturated carbocycles. The van der Waals surface area contributed by atoms with E-state index in [0.717, 1.165) is 28.0 Å². The first-order valence-corrected chi connectivity index (χ1v) is 8.98. The smallest absolute Gasteiger partial charge is 0.308 e. The third-order valence-corrected chi connectivity index (χ3v) is 5.36. The van der Waals surface area contributed by atoms with Crippen LogP contribution in [-0.2, 0) is 4.79 Å². The molecule has 1 amide bonds. The Morgan fingerprint density at radius 2 is 1.93 bits per heavy atom. The molecular formula is C21H21N3O3. The normalized spacial score (nSPS) is 19.6. The fraction of sp³-hybridized carbons (Fsp3) is 0.286. The minimum atomic E-state index is -0.863. The summed E-state index contributed by atoms with van der Waals surface area (Å²) in [5, 5.41) is 9.70. The molecule has 6 nitrogen and oxygen atoms in total. The number of carboxylic acids is 1. The van der Waals surface area contributed by atoms with Crippen molar-refractivity contribution in [3.8, 4) is 0 Å². The largest absolute Gasteiger partial charge is 0.481 e. The summed E-state index contributed by atoms with van der Waals surface area (Å²) in [4.78, 5) is 34.0. The van der Waals surface area contributed by atoms with Gasteiger partial charge in [-0.1, -0.05) is 24.3 Å². The molecule has 1 aliphatic heterocycles. The Balaban J connectivity index is 1.64. The van der Waals surface area contributed by atoms with E-state index in [2.05, 4.69) is 9.97 Å². The number of aryl methyl sites for hydroxylation is 2. The maximum atomic E-state index is 13.0. The Bertz CT molecular complexity index is 1040. The molecule has 0 bridgehead atoms. The van der Waals surface area contributed by atoms with Crippen LogP contribution in [0.15, 0.2) is 42.5 Å². The van der Waals surface area contributed by atoms with Crippen molar-refractivity contribution in [3.05, 3.63) is 65.0 Å². The van der Waals surface area contributed by atoms with E-state index in [1.807, 2.05) is 44.2 Å². The highest BCUT2D eigenvalue weighted by atomic mass is 16.4. The maximum absolute atomic E-state index is 13.0. The average molecular weight is 363 g/mol. The molecule has 0 spiro atoms. The second-order valence-electron chi connectivity index (χ2n) is 7.17. The van der Waals surface area contributed by atoms with Crippen LogP contribution in [0.2, 0.25) is 0 Å². The van der Waals surface area contributed by atoms with Crippen molar-refractivity contribution in [2.45, 2.75) is 19.8 Å². The van der Waals surface area contributed by atoms with Crippen LogP contribution in [-0.4, -0.2) is 44.9 Å². The number of nitrogens with one attached hydrogen (secondary N) is 1. The number of aromatic nitrogens is 2. The van der Waals surface area contributed by atoms with Gasteiger partial charge in [0.25, 0.3) is 5.91 Å². The molecule has 0 radical (unpaired) electrons. The van der Waals surface area contributed by atoms with E-state index in [-0.39, 0.29) is 18.4 Å². The summed E-state index contributed by atoms with van der Waals surface area (Å²) in [6.45, 7) is 4.47. The quantitative estimate of drug-likeness (QED) is 0.749. The number of carbonyl (C=O) groups is 2. The van der Waals surface area contributed by atoms with Gasteiger partial charge in [-0.15, -0.1) is 0 Å². The van der Waals surface area contributed by atoms with Gasteiger partial charge in [0.2, 0.25) is 0 Å². The summed E-state index contributed by atoms with van der Waals surface area (Å²) in [5.41, 5.74) is 4.22. The SMILES string of the molecule is Cc1nc2ccc(C(=O)N3CC(C(=O)O)C(c4ccccc4C)C3)cc2[nH]1. The Labute approximate surface area is 156 Å². The first-order chi connectivity index (χ1) is 12.9. The van der Waals surface area contributed by atoms with Crippen LogP contribution in [0.5, 0.6) is 0 Å². The minimum absolute atomic E-state index is 0.147. The maximum Gasteiger partial charge on any atom is 0.308 e. The number of rotatable bonds is 3. The van der Waals surface area contributed by atoms with Crippen molar-refractivity contribution in [2.24, 2.45) is 5.92 Å². The van der Waals surface area contributed by atoms with E-state index in [1.165, 1.54) is 0 Å². The number of aromatic amines is 1. The average Bonchev–Trinajstić information content (AvgIpc) is 3.23. The Kier molecular flexibility index (Phi) is 4.18. The predicted molar refractivity (Wildman–Crippen MR) is 102 cm³/mol. The molecule has 3 aromatic rings. The molecule has 138 valence electrons. The van der Waals surface area contributed by atoms with Gasteiger partial charge in [-0.25, -0.2) is 4.98 Å². The number of H-pyrrole nitrogens is 1. The molecule has 2 unspecified atom stereocenters. The summed E-state index contributed by atoms with van der Waals surface area (Å²) in [7, 11) is 0. The fourth-order valence-corrected chi connectivity index (χ4v) is 3.99. The lowest BCUT2D eigenvalue weighted by Gasteiger charge is -2.18. The van der Waals surface area contributed by atoms with Gasteiger partial charge < -0.3 is 15.0 Å². The van der Waals surface area contributed by atoms with Crippen LogP contribution in [0.4, 0.5) is 0 Å². The summed E-state index contributed by atoms with van der Waals surface area (Å²) in [6, 6.07) is 13.1. The highest BCUT2D eigenvalue weighted by molar-refractivity contribution is 5.98. The van der Waals surface area contributed by atoms with Gasteiger partial charge in [0, 0.05) is 24.6 Å². The highest BCUT2D eigenvalue weighted by Gasteiger charge is 2.41. The van der Waals surface area contributed by atoms with Gasteiger partial charge in [-0.05, 0) is 43.2 Å². The summed E-state index contributed by atoms with van der Waals surface area (Å²) < 4.78 is 0. The number of carboxylic acid groups (broad SMARTS) is 1. The number of nitrogens with zero attached hydrogens (tertiary/aromatic N) is 2. The van der Waals surface area contributed by atoms with Crippen molar-refractivity contribution in [1.82, 2.24) is 14.9 Å². The number of imidazole rings is 1. The van der Waals surface area contributed by atoms with Crippen LogP contribution in [0.1, 0.15) is 33.2 Å². The molecule has 6 heteroatoms. The zero-order valence-corrected chi connectivity index (χ0v) is 15.3. The van der Waals surface area contributed by atoms with E-state index in [0.29, 0.717) is 12.1 Å². The van der Waals surface area contributed by atoms with E-state index < -0.39 is 11.9 Å². The van der Waals surface area contributed by atoms with Crippen molar-refractivity contribution in [1.29, 1.82) is 0 Å². The second-order valence-corrected chi connectivity index (χ2v) is 7.17. The van der Waals surface area contributed by atoms with Crippen LogP contribution < -0.4 is 0 Å². The third-order valence-electron chi connectivity index (χ3n) is 5.36. The number of amides is 1. The predicted octanol–water partition coefficient (Wildman–Crippen LogP) is 3.12. The molecule has 2 N–H and O–H groups in total. The van der Waals surface area contributed by atoms with Crippen LogP contribution in [0.3, 0.4) is 0 Å². The van der Waals surface area contributed by atoms with E-state index in [4.69, 9.17) is 0 Å². The van der Waals surface area contributed by atoms with Gasteiger partial charge in [0.05, 0.1) is 17.0 Å². The summed E-state index contributed by atoms with van der Waals surface area (Å²) in [5.74, 6) is -1.02. The van der Waals surface area contributed by atoms with Crippen molar-refractivity contribution < 1.29 is 14.7 Å². The lowest BCUT2D eigenvalue weighted by molar-refractivity contribution is -0.141. The molecule has 2 aromatic carbocycles. The minimum Gasteiger partial charge on any atom is -0.481 e.